The zero-order valence-corrected chi connectivity index (χ0v) is 11.5. The van der Waals surface area contributed by atoms with E-state index in [0.29, 0.717) is 11.8 Å². The van der Waals surface area contributed by atoms with Gasteiger partial charge >= 0.3 is 0 Å². The molecule has 1 aliphatic rings. The van der Waals surface area contributed by atoms with Crippen LogP contribution in [-0.4, -0.2) is 12.3 Å². The summed E-state index contributed by atoms with van der Waals surface area (Å²) in [7, 11) is 0. The molecule has 2 rings (SSSR count). The molecule has 3 N–H and O–H groups in total. The minimum atomic E-state index is 0.0759. The molecule has 1 aromatic heterocycles. The summed E-state index contributed by atoms with van der Waals surface area (Å²) in [5.74, 6) is 1.24. The molecule has 1 aromatic rings. The van der Waals surface area contributed by atoms with Crippen LogP contribution in [0.25, 0.3) is 0 Å². The molecule has 0 radical (unpaired) electrons. The lowest BCUT2D eigenvalue weighted by atomic mass is 10.1. The van der Waals surface area contributed by atoms with E-state index >= 15 is 0 Å². The minimum Gasteiger partial charge on any atom is -0.397 e. The smallest absolute Gasteiger partial charge is 0.171 e. The van der Waals surface area contributed by atoms with Gasteiger partial charge in [0.05, 0.1) is 15.6 Å². The summed E-state index contributed by atoms with van der Waals surface area (Å²) in [6.45, 7) is 6.86. The van der Waals surface area contributed by atoms with Crippen LogP contribution in [-0.2, 0) is 0 Å². The number of ketones is 1. The number of carbonyl (C=O) groups excluding carboxylic acids is 1. The first kappa shape index (κ1) is 12.4. The van der Waals surface area contributed by atoms with Crippen molar-refractivity contribution in [1.82, 2.24) is 0 Å². The highest BCUT2D eigenvalue weighted by atomic mass is 32.1. The van der Waals surface area contributed by atoms with Gasteiger partial charge in [0, 0.05) is 19.0 Å². The molecule has 0 spiro atoms. The monoisotopic (exact) mass is 252 g/mol. The van der Waals surface area contributed by atoms with Gasteiger partial charge in [-0.2, -0.15) is 0 Å². The fraction of sp³-hybridized carbons (Fsp3) is 0.615. The van der Waals surface area contributed by atoms with Crippen LogP contribution in [0.2, 0.25) is 0 Å². The van der Waals surface area contributed by atoms with E-state index in [1.807, 2.05) is 0 Å². The van der Waals surface area contributed by atoms with Crippen LogP contribution in [0.4, 0.5) is 10.7 Å². The molecule has 1 heterocycles. The van der Waals surface area contributed by atoms with Crippen molar-refractivity contribution in [2.45, 2.75) is 39.5 Å². The van der Waals surface area contributed by atoms with Crippen molar-refractivity contribution in [1.29, 1.82) is 0 Å². The highest BCUT2D eigenvalue weighted by Gasteiger charge is 2.32. The Labute approximate surface area is 106 Å². The summed E-state index contributed by atoms with van der Waals surface area (Å²) in [4.78, 5) is 12.2. The molecule has 0 saturated heterocycles. The van der Waals surface area contributed by atoms with E-state index in [2.05, 4.69) is 19.2 Å². The maximum atomic E-state index is 11.5. The van der Waals surface area contributed by atoms with Crippen molar-refractivity contribution in [3.8, 4) is 0 Å². The van der Waals surface area contributed by atoms with Gasteiger partial charge in [0.25, 0.3) is 0 Å². The van der Waals surface area contributed by atoms with E-state index in [0.717, 1.165) is 22.1 Å². The van der Waals surface area contributed by atoms with E-state index in [1.54, 1.807) is 6.92 Å². The average molecular weight is 252 g/mol. The highest BCUT2D eigenvalue weighted by Crippen LogP contribution is 2.50. The first-order valence-corrected chi connectivity index (χ1v) is 6.99. The van der Waals surface area contributed by atoms with E-state index in [9.17, 15) is 4.79 Å². The number of Topliss-reactive ketones (excluding diaryl/α,β-unsaturated/α-hetero) is 1. The maximum absolute atomic E-state index is 11.5. The van der Waals surface area contributed by atoms with Crippen LogP contribution in [0.1, 0.15) is 54.8 Å². The Bertz CT molecular complexity index is 433. The zero-order valence-electron chi connectivity index (χ0n) is 10.7. The summed E-state index contributed by atoms with van der Waals surface area (Å²) in [6.07, 6.45) is 2.41. The molecule has 1 aliphatic carbocycles. The van der Waals surface area contributed by atoms with Crippen LogP contribution < -0.4 is 11.1 Å². The SMILES string of the molecule is CC(=O)c1sc(NCC(C)C)c(C2CC2)c1N. The van der Waals surface area contributed by atoms with E-state index < -0.39 is 0 Å². The Balaban J connectivity index is 2.29. The number of rotatable bonds is 5. The molecule has 4 heteroatoms. The van der Waals surface area contributed by atoms with E-state index in [4.69, 9.17) is 5.73 Å². The Kier molecular flexibility index (Phi) is 3.43. The molecule has 3 nitrogen and oxygen atoms in total. The highest BCUT2D eigenvalue weighted by molar-refractivity contribution is 7.18. The first-order chi connectivity index (χ1) is 8.00. The van der Waals surface area contributed by atoms with Crippen molar-refractivity contribution < 1.29 is 4.79 Å². The fourth-order valence-corrected chi connectivity index (χ4v) is 3.03. The molecule has 0 unspecified atom stereocenters. The van der Waals surface area contributed by atoms with Gasteiger partial charge in [-0.05, 0) is 24.7 Å². The van der Waals surface area contributed by atoms with Gasteiger partial charge in [-0.1, -0.05) is 13.8 Å². The molecule has 0 atom stereocenters. The molecular formula is C13H20N2OS. The van der Waals surface area contributed by atoms with Crippen molar-refractivity contribution >= 4 is 27.8 Å². The van der Waals surface area contributed by atoms with Gasteiger partial charge < -0.3 is 11.1 Å². The molecule has 1 saturated carbocycles. The Morgan fingerprint density at radius 3 is 2.65 bits per heavy atom. The normalized spacial score (nSPS) is 15.3. The number of nitrogens with two attached hydrogens (primary N) is 1. The molecule has 17 heavy (non-hydrogen) atoms. The second kappa shape index (κ2) is 4.69. The fourth-order valence-electron chi connectivity index (χ4n) is 1.92. The molecule has 0 bridgehead atoms. The third-order valence-corrected chi connectivity index (χ3v) is 4.24. The van der Waals surface area contributed by atoms with Crippen molar-refractivity contribution in [3.63, 3.8) is 0 Å². The summed E-state index contributed by atoms with van der Waals surface area (Å²) < 4.78 is 0. The Morgan fingerprint density at radius 1 is 1.53 bits per heavy atom. The second-order valence-electron chi connectivity index (χ2n) is 5.19. The summed E-state index contributed by atoms with van der Waals surface area (Å²) >= 11 is 1.52. The number of carbonyl (C=O) groups is 1. The van der Waals surface area contributed by atoms with Crippen molar-refractivity contribution in [3.05, 3.63) is 10.4 Å². The standard InChI is InChI=1S/C13H20N2OS/c1-7(2)6-15-13-10(9-4-5-9)11(14)12(17-13)8(3)16/h7,9,15H,4-6,14H2,1-3H3. The van der Waals surface area contributed by atoms with Crippen LogP contribution >= 0.6 is 11.3 Å². The van der Waals surface area contributed by atoms with Gasteiger partial charge in [0.2, 0.25) is 0 Å². The predicted molar refractivity (Wildman–Crippen MR) is 74.0 cm³/mol. The van der Waals surface area contributed by atoms with Gasteiger partial charge in [0.15, 0.2) is 5.78 Å². The molecule has 94 valence electrons. The number of thiophene rings is 1. The van der Waals surface area contributed by atoms with E-state index in [-0.39, 0.29) is 5.78 Å². The van der Waals surface area contributed by atoms with Crippen LogP contribution in [0.15, 0.2) is 0 Å². The summed E-state index contributed by atoms with van der Waals surface area (Å²) in [5.41, 5.74) is 8.02. The van der Waals surface area contributed by atoms with E-state index in [1.165, 1.54) is 29.7 Å². The molecule has 1 fully saturated rings. The lowest BCUT2D eigenvalue weighted by Crippen LogP contribution is -2.08. The third kappa shape index (κ3) is 2.63. The van der Waals surface area contributed by atoms with Crippen molar-refractivity contribution in [2.24, 2.45) is 5.92 Å². The largest absolute Gasteiger partial charge is 0.397 e. The number of nitrogen functional groups attached to an aromatic ring is 1. The number of nitrogens with one attached hydrogen (secondary N) is 1. The zero-order chi connectivity index (χ0) is 12.6. The average Bonchev–Trinajstić information content (AvgIpc) is 3.00. The lowest BCUT2D eigenvalue weighted by Gasteiger charge is -2.09. The molecular weight excluding hydrogens is 232 g/mol. The van der Waals surface area contributed by atoms with Crippen molar-refractivity contribution in [2.75, 3.05) is 17.6 Å². The number of hydrogen-bond acceptors (Lipinski definition) is 4. The Hall–Kier alpha value is -1.03. The van der Waals surface area contributed by atoms with Crippen LogP contribution in [0.5, 0.6) is 0 Å². The predicted octanol–water partition coefficient (Wildman–Crippen LogP) is 3.48. The molecule has 0 aromatic carbocycles. The summed E-state index contributed by atoms with van der Waals surface area (Å²) in [5, 5.41) is 4.55. The second-order valence-corrected chi connectivity index (χ2v) is 6.21. The minimum absolute atomic E-state index is 0.0759. The van der Waals surface area contributed by atoms with Crippen LogP contribution in [0.3, 0.4) is 0 Å². The third-order valence-electron chi connectivity index (χ3n) is 2.96. The number of hydrogen-bond donors (Lipinski definition) is 2. The van der Waals surface area contributed by atoms with Gasteiger partial charge in [-0.15, -0.1) is 11.3 Å². The lowest BCUT2D eigenvalue weighted by molar-refractivity contribution is 0.102. The maximum Gasteiger partial charge on any atom is 0.171 e. The first-order valence-electron chi connectivity index (χ1n) is 6.17. The van der Waals surface area contributed by atoms with Gasteiger partial charge in [-0.25, -0.2) is 0 Å². The molecule has 0 aliphatic heterocycles. The molecule has 0 amide bonds. The van der Waals surface area contributed by atoms with Crippen LogP contribution in [0, 0.1) is 5.92 Å². The Morgan fingerprint density at radius 2 is 2.18 bits per heavy atom. The van der Waals surface area contributed by atoms with Gasteiger partial charge in [0.1, 0.15) is 0 Å². The topological polar surface area (TPSA) is 55.1 Å². The van der Waals surface area contributed by atoms with Gasteiger partial charge in [-0.3, -0.25) is 4.79 Å². The number of anilines is 2. The summed E-state index contributed by atoms with van der Waals surface area (Å²) in [6, 6.07) is 0. The quantitative estimate of drug-likeness (QED) is 0.789.